The lowest BCUT2D eigenvalue weighted by atomic mass is 10.1. The van der Waals surface area contributed by atoms with E-state index in [0.29, 0.717) is 33.7 Å². The van der Waals surface area contributed by atoms with Gasteiger partial charge in [-0.3, -0.25) is 4.72 Å². The average molecular weight is 452 g/mol. The molecule has 0 aliphatic heterocycles. The molecule has 1 aromatic heterocycles. The average Bonchev–Trinajstić information content (AvgIpc) is 3.18. The Morgan fingerprint density at radius 2 is 1.72 bits per heavy atom. The minimum absolute atomic E-state index is 0.0844. The molecular formula is C24H21NO6S. The predicted molar refractivity (Wildman–Crippen MR) is 121 cm³/mol. The summed E-state index contributed by atoms with van der Waals surface area (Å²) in [5.74, 6) is 0.380. The first-order chi connectivity index (χ1) is 15.4. The van der Waals surface area contributed by atoms with Crippen LogP contribution in [-0.2, 0) is 14.8 Å². The first-order valence-electron chi connectivity index (χ1n) is 9.89. The number of nitrogens with one attached hydrogen (secondary N) is 1. The lowest BCUT2D eigenvalue weighted by molar-refractivity contribution is 0.0528. The number of hydrogen-bond acceptors (Lipinski definition) is 6. The summed E-state index contributed by atoms with van der Waals surface area (Å²) in [4.78, 5) is 12.8. The third-order valence-electron chi connectivity index (χ3n) is 4.83. The van der Waals surface area contributed by atoms with E-state index in [4.69, 9.17) is 13.9 Å². The number of methoxy groups -OCH3 is 1. The normalized spacial score (nSPS) is 11.3. The van der Waals surface area contributed by atoms with Gasteiger partial charge < -0.3 is 13.9 Å². The summed E-state index contributed by atoms with van der Waals surface area (Å²) in [7, 11) is -2.34. The molecule has 164 valence electrons. The fraction of sp³-hybridized carbons (Fsp3) is 0.125. The molecule has 0 atom stereocenters. The maximum absolute atomic E-state index is 12.8. The lowest BCUT2D eigenvalue weighted by Crippen LogP contribution is -2.13. The molecule has 0 saturated heterocycles. The Balaban J connectivity index is 1.77. The van der Waals surface area contributed by atoms with E-state index in [9.17, 15) is 13.2 Å². The van der Waals surface area contributed by atoms with Crippen molar-refractivity contribution in [2.75, 3.05) is 18.4 Å². The first kappa shape index (κ1) is 21.5. The van der Waals surface area contributed by atoms with Gasteiger partial charge >= 0.3 is 5.97 Å². The van der Waals surface area contributed by atoms with E-state index >= 15 is 0 Å². The maximum atomic E-state index is 12.8. The van der Waals surface area contributed by atoms with Crippen LogP contribution < -0.4 is 9.46 Å². The number of carbonyl (C=O) groups excluding carboxylic acids is 1. The number of fused-ring (bicyclic) bond motifs is 1. The van der Waals surface area contributed by atoms with Gasteiger partial charge in [0.15, 0.2) is 0 Å². The number of furan rings is 1. The number of hydrogen-bond donors (Lipinski definition) is 1. The number of sulfonamides is 1. The summed E-state index contributed by atoms with van der Waals surface area (Å²) in [6.45, 7) is 1.92. The molecule has 0 saturated carbocycles. The van der Waals surface area contributed by atoms with E-state index in [1.165, 1.54) is 19.2 Å². The Kier molecular flexibility index (Phi) is 5.87. The molecule has 0 bridgehead atoms. The zero-order valence-electron chi connectivity index (χ0n) is 17.5. The molecule has 4 rings (SSSR count). The molecule has 0 spiro atoms. The van der Waals surface area contributed by atoms with Crippen LogP contribution in [0.3, 0.4) is 0 Å². The monoisotopic (exact) mass is 451 g/mol. The van der Waals surface area contributed by atoms with Crippen molar-refractivity contribution < 1.29 is 27.1 Å². The van der Waals surface area contributed by atoms with Crippen LogP contribution in [0.4, 0.5) is 5.69 Å². The standard InChI is InChI=1S/C24H21NO6S/c1-3-30-24(26)22-20-15-17(25-32(27,28)19-12-10-18(29-2)11-13-19)9-14-21(20)31-23(22)16-7-5-4-6-8-16/h4-15,25H,3H2,1-2H3. The molecule has 1 N–H and O–H groups in total. The molecule has 0 aliphatic rings. The zero-order chi connectivity index (χ0) is 22.7. The molecule has 4 aromatic rings. The molecule has 0 fully saturated rings. The van der Waals surface area contributed by atoms with Crippen LogP contribution in [0.15, 0.2) is 82.1 Å². The van der Waals surface area contributed by atoms with Crippen molar-refractivity contribution in [2.45, 2.75) is 11.8 Å². The van der Waals surface area contributed by atoms with E-state index < -0.39 is 16.0 Å². The predicted octanol–water partition coefficient (Wildman–Crippen LogP) is 5.09. The molecule has 3 aromatic carbocycles. The van der Waals surface area contributed by atoms with Crippen molar-refractivity contribution in [2.24, 2.45) is 0 Å². The van der Waals surface area contributed by atoms with Gasteiger partial charge in [-0.05, 0) is 49.4 Å². The highest BCUT2D eigenvalue weighted by Gasteiger charge is 2.24. The topological polar surface area (TPSA) is 94.8 Å². The molecule has 7 nitrogen and oxygen atoms in total. The van der Waals surface area contributed by atoms with Gasteiger partial charge in [0.25, 0.3) is 10.0 Å². The fourth-order valence-electron chi connectivity index (χ4n) is 3.33. The van der Waals surface area contributed by atoms with E-state index in [0.717, 1.165) is 0 Å². The van der Waals surface area contributed by atoms with E-state index in [1.54, 1.807) is 37.3 Å². The summed E-state index contributed by atoms with van der Waals surface area (Å²) in [5, 5.41) is 0.456. The van der Waals surface area contributed by atoms with E-state index in [-0.39, 0.29) is 17.1 Å². The van der Waals surface area contributed by atoms with Gasteiger partial charge in [-0.2, -0.15) is 0 Å². The van der Waals surface area contributed by atoms with Gasteiger partial charge in [0.05, 0.1) is 18.6 Å². The highest BCUT2D eigenvalue weighted by Crippen LogP contribution is 2.36. The molecule has 1 heterocycles. The molecule has 0 unspecified atom stereocenters. The molecule has 0 aliphatic carbocycles. The summed E-state index contributed by atoms with van der Waals surface area (Å²) in [5.41, 5.74) is 1.70. The van der Waals surface area contributed by atoms with Gasteiger partial charge in [0.2, 0.25) is 0 Å². The minimum Gasteiger partial charge on any atom is -0.497 e. The largest absolute Gasteiger partial charge is 0.497 e. The van der Waals surface area contributed by atoms with Gasteiger partial charge in [-0.15, -0.1) is 0 Å². The van der Waals surface area contributed by atoms with Crippen molar-refractivity contribution in [1.29, 1.82) is 0 Å². The summed E-state index contributed by atoms with van der Waals surface area (Å²) >= 11 is 0. The third-order valence-corrected chi connectivity index (χ3v) is 6.22. The highest BCUT2D eigenvalue weighted by molar-refractivity contribution is 7.92. The second-order valence-electron chi connectivity index (χ2n) is 6.88. The van der Waals surface area contributed by atoms with Crippen LogP contribution in [0.1, 0.15) is 17.3 Å². The molecule has 0 radical (unpaired) electrons. The third kappa shape index (κ3) is 4.17. The number of rotatable bonds is 7. The first-order valence-corrected chi connectivity index (χ1v) is 11.4. The van der Waals surface area contributed by atoms with Gasteiger partial charge in [0.1, 0.15) is 22.7 Å². The van der Waals surface area contributed by atoms with Crippen LogP contribution in [0, 0.1) is 0 Å². The molecule has 8 heteroatoms. The number of ether oxygens (including phenoxy) is 2. The second-order valence-corrected chi connectivity index (χ2v) is 8.57. The summed E-state index contributed by atoms with van der Waals surface area (Å²) < 4.78 is 44.5. The number of esters is 1. The number of benzene rings is 3. The van der Waals surface area contributed by atoms with E-state index in [1.807, 2.05) is 30.3 Å². The SMILES string of the molecule is CCOC(=O)c1c(-c2ccccc2)oc2ccc(NS(=O)(=O)c3ccc(OC)cc3)cc12. The number of anilines is 1. The van der Waals surface area contributed by atoms with Crippen LogP contribution in [0.25, 0.3) is 22.3 Å². The number of carbonyl (C=O) groups is 1. The Labute approximate surface area is 185 Å². The molecule has 32 heavy (non-hydrogen) atoms. The summed E-state index contributed by atoms with van der Waals surface area (Å²) in [6.07, 6.45) is 0. The Morgan fingerprint density at radius 3 is 2.38 bits per heavy atom. The summed E-state index contributed by atoms with van der Waals surface area (Å²) in [6, 6.07) is 20.0. The Hall–Kier alpha value is -3.78. The Morgan fingerprint density at radius 1 is 1.00 bits per heavy atom. The van der Waals surface area contributed by atoms with E-state index in [2.05, 4.69) is 4.72 Å². The van der Waals surface area contributed by atoms with Crippen LogP contribution in [0.2, 0.25) is 0 Å². The van der Waals surface area contributed by atoms with Gasteiger partial charge in [-0.1, -0.05) is 30.3 Å². The van der Waals surface area contributed by atoms with Crippen molar-refractivity contribution >= 4 is 32.6 Å². The highest BCUT2D eigenvalue weighted by atomic mass is 32.2. The molecular weight excluding hydrogens is 430 g/mol. The zero-order valence-corrected chi connectivity index (χ0v) is 18.3. The Bertz CT molecular complexity index is 1360. The maximum Gasteiger partial charge on any atom is 0.342 e. The van der Waals surface area contributed by atoms with Crippen molar-refractivity contribution in [3.8, 4) is 17.1 Å². The van der Waals surface area contributed by atoms with Crippen LogP contribution in [-0.4, -0.2) is 28.1 Å². The quantitative estimate of drug-likeness (QED) is 0.394. The van der Waals surface area contributed by atoms with Crippen molar-refractivity contribution in [1.82, 2.24) is 0 Å². The van der Waals surface area contributed by atoms with Crippen LogP contribution in [0.5, 0.6) is 5.75 Å². The lowest BCUT2D eigenvalue weighted by Gasteiger charge is -2.09. The minimum atomic E-state index is -3.85. The fourth-order valence-corrected chi connectivity index (χ4v) is 4.38. The molecule has 0 amide bonds. The smallest absolute Gasteiger partial charge is 0.342 e. The van der Waals surface area contributed by atoms with Crippen molar-refractivity contribution in [3.63, 3.8) is 0 Å². The second kappa shape index (κ2) is 8.76. The van der Waals surface area contributed by atoms with Gasteiger partial charge in [-0.25, -0.2) is 13.2 Å². The van der Waals surface area contributed by atoms with Crippen molar-refractivity contribution in [3.05, 3.63) is 78.4 Å². The van der Waals surface area contributed by atoms with Gasteiger partial charge in [0, 0.05) is 16.6 Å². The van der Waals surface area contributed by atoms with Crippen LogP contribution >= 0.6 is 0 Å².